The van der Waals surface area contributed by atoms with E-state index >= 15 is 0 Å². The minimum absolute atomic E-state index is 0.212. The van der Waals surface area contributed by atoms with Gasteiger partial charge in [-0.3, -0.25) is 0 Å². The van der Waals surface area contributed by atoms with Gasteiger partial charge in [0.15, 0.2) is 0 Å². The first-order chi connectivity index (χ1) is 8.66. The van der Waals surface area contributed by atoms with E-state index in [0.717, 1.165) is 5.92 Å². The Kier molecular flexibility index (Phi) is 13.6. The molecule has 18 heavy (non-hydrogen) atoms. The van der Waals surface area contributed by atoms with Crippen LogP contribution in [0.15, 0.2) is 12.7 Å². The molecule has 0 radical (unpaired) electrons. The van der Waals surface area contributed by atoms with Crippen LogP contribution < -0.4 is 0 Å². The van der Waals surface area contributed by atoms with Crippen LogP contribution in [0.25, 0.3) is 0 Å². The fraction of sp³-hybridized carbons (Fsp3) is 0.800. The third kappa shape index (κ3) is 14.1. The van der Waals surface area contributed by atoms with Crippen molar-refractivity contribution in [1.82, 2.24) is 0 Å². The number of unbranched alkanes of at least 4 members (excludes halogenated alkanes) is 6. The summed E-state index contributed by atoms with van der Waals surface area (Å²) < 4.78 is 6.32. The zero-order valence-corrected chi connectivity index (χ0v) is 16.3. The summed E-state index contributed by atoms with van der Waals surface area (Å²) in [5.41, 5.74) is 0. The van der Waals surface area contributed by atoms with Gasteiger partial charge in [-0.2, -0.15) is 0 Å². The summed E-state index contributed by atoms with van der Waals surface area (Å²) in [6, 6.07) is 0. The van der Waals surface area contributed by atoms with Crippen molar-refractivity contribution >= 4 is 29.3 Å². The van der Waals surface area contributed by atoms with Crippen LogP contribution in [0, 0.1) is 5.92 Å². The molecule has 0 heterocycles. The molecule has 0 fully saturated rings. The van der Waals surface area contributed by atoms with Crippen LogP contribution in [-0.2, 0) is 7.65 Å². The molecule has 0 bridgehead atoms. The van der Waals surface area contributed by atoms with Gasteiger partial charge in [0.05, 0.1) is 0 Å². The van der Waals surface area contributed by atoms with Gasteiger partial charge in [0.25, 0.3) is 0 Å². The molecule has 104 valence electrons. The second kappa shape index (κ2) is 13.5. The number of hydrogen-bond donors (Lipinski definition) is 0. The van der Waals surface area contributed by atoms with Crippen molar-refractivity contribution in [2.24, 2.45) is 5.92 Å². The van der Waals surface area contributed by atoms with Crippen LogP contribution in [0.3, 0.4) is 0 Å². The molecule has 0 unspecified atom stereocenters. The molecular weight excluding hydrogens is 327 g/mol. The third-order valence-electron chi connectivity index (χ3n) is 3.09. The quantitative estimate of drug-likeness (QED) is 0.386. The molecule has 0 aliphatic rings. The Morgan fingerprint density at radius 2 is 1.67 bits per heavy atom. The number of carbonyl (C=O) groups excluding carboxylic acids is 1. The van der Waals surface area contributed by atoms with Crippen molar-refractivity contribution in [2.45, 2.75) is 69.4 Å². The van der Waals surface area contributed by atoms with E-state index in [1.807, 2.05) is 0 Å². The van der Waals surface area contributed by atoms with E-state index in [1.54, 1.807) is 0 Å². The molecular formula is C15H29InO2. The fourth-order valence-corrected chi connectivity index (χ4v) is 4.86. The number of carbonyl (C=O) groups is 1. The molecule has 0 rings (SSSR count). The Hall–Kier alpha value is 0.0801. The summed E-state index contributed by atoms with van der Waals surface area (Å²) in [6.07, 6.45) is 12.1. The molecule has 0 atom stereocenters. The van der Waals surface area contributed by atoms with E-state index in [-0.39, 0.29) is 5.97 Å². The van der Waals surface area contributed by atoms with Gasteiger partial charge in [-0.15, -0.1) is 0 Å². The Morgan fingerprint density at radius 1 is 1.11 bits per heavy atom. The zero-order valence-electron chi connectivity index (χ0n) is 12.2. The van der Waals surface area contributed by atoms with Crippen molar-refractivity contribution < 1.29 is 7.65 Å². The third-order valence-corrected chi connectivity index (χ3v) is 6.73. The van der Waals surface area contributed by atoms with Gasteiger partial charge >= 0.3 is 125 Å². The second-order valence-electron chi connectivity index (χ2n) is 5.38. The van der Waals surface area contributed by atoms with E-state index in [4.69, 9.17) is 2.85 Å². The van der Waals surface area contributed by atoms with Gasteiger partial charge in [-0.1, -0.05) is 0 Å². The fourth-order valence-electron chi connectivity index (χ4n) is 1.95. The van der Waals surface area contributed by atoms with Crippen molar-refractivity contribution in [2.75, 3.05) is 0 Å². The van der Waals surface area contributed by atoms with Crippen LogP contribution in [0.5, 0.6) is 0 Å². The van der Waals surface area contributed by atoms with E-state index in [9.17, 15) is 4.79 Å². The maximum absolute atomic E-state index is 10.8. The van der Waals surface area contributed by atoms with Gasteiger partial charge in [0.2, 0.25) is 0 Å². The average Bonchev–Trinajstić information content (AvgIpc) is 2.35. The molecule has 2 nitrogen and oxygen atoms in total. The summed E-state index contributed by atoms with van der Waals surface area (Å²) in [5, 5.41) is 0. The van der Waals surface area contributed by atoms with Gasteiger partial charge in [0, 0.05) is 0 Å². The molecule has 0 saturated heterocycles. The standard InChI is InChI=1S/C12H25.C3H4O2.In.H/c1-4-5-6-7-8-9-10-11-12(2)3;1-2-3(4)5;;/h12H,1,4-11H2,2-3H3;2H,1H2,(H,4,5);;/q;;+1;/p-1. The minimum atomic E-state index is -1.22. The van der Waals surface area contributed by atoms with Crippen LogP contribution in [0.1, 0.15) is 65.2 Å². The summed E-state index contributed by atoms with van der Waals surface area (Å²) >= 11 is -1.22. The Morgan fingerprint density at radius 3 is 2.22 bits per heavy atom. The van der Waals surface area contributed by atoms with Gasteiger partial charge < -0.3 is 0 Å². The number of rotatable bonds is 12. The first-order valence-corrected chi connectivity index (χ1v) is 12.0. The molecule has 0 aliphatic heterocycles. The van der Waals surface area contributed by atoms with Crippen LogP contribution >= 0.6 is 0 Å². The Labute approximate surface area is 125 Å². The van der Waals surface area contributed by atoms with E-state index < -0.39 is 23.3 Å². The SMILES string of the molecule is C=CC(=O)[O][InH][CH2]CCCCCCCCC(C)C. The maximum atomic E-state index is 10.8. The van der Waals surface area contributed by atoms with Gasteiger partial charge in [-0.05, 0) is 0 Å². The van der Waals surface area contributed by atoms with E-state index in [1.165, 1.54) is 61.6 Å². The summed E-state index contributed by atoms with van der Waals surface area (Å²) in [7, 11) is 0. The summed E-state index contributed by atoms with van der Waals surface area (Å²) in [6.45, 7) is 7.99. The predicted octanol–water partition coefficient (Wildman–Crippen LogP) is 4.26. The molecule has 0 aliphatic carbocycles. The first kappa shape index (κ1) is 18.1. The van der Waals surface area contributed by atoms with Crippen molar-refractivity contribution in [3.63, 3.8) is 0 Å². The monoisotopic (exact) mass is 356 g/mol. The Balaban J connectivity index is 3.03. The summed E-state index contributed by atoms with van der Waals surface area (Å²) in [4.78, 5) is 10.8. The van der Waals surface area contributed by atoms with Crippen molar-refractivity contribution in [1.29, 1.82) is 0 Å². The molecule has 0 aromatic carbocycles. The van der Waals surface area contributed by atoms with Crippen molar-refractivity contribution in [3.8, 4) is 0 Å². The van der Waals surface area contributed by atoms with E-state index in [0.29, 0.717) is 0 Å². The van der Waals surface area contributed by atoms with Gasteiger partial charge in [0.1, 0.15) is 0 Å². The first-order valence-electron chi connectivity index (χ1n) is 7.46. The average molecular weight is 356 g/mol. The zero-order chi connectivity index (χ0) is 13.6. The number of hydrogen-bond acceptors (Lipinski definition) is 2. The predicted molar refractivity (Wildman–Crippen MR) is 80.0 cm³/mol. The van der Waals surface area contributed by atoms with Crippen LogP contribution in [0.4, 0.5) is 0 Å². The van der Waals surface area contributed by atoms with Gasteiger partial charge in [-0.25, -0.2) is 0 Å². The molecule has 0 aromatic rings. The van der Waals surface area contributed by atoms with Crippen molar-refractivity contribution in [3.05, 3.63) is 12.7 Å². The Bertz CT molecular complexity index is 215. The summed E-state index contributed by atoms with van der Waals surface area (Å²) in [5.74, 6) is 0.645. The molecule has 0 amide bonds. The molecule has 3 heteroatoms. The molecule has 0 aromatic heterocycles. The van der Waals surface area contributed by atoms with Crippen LogP contribution in [-0.4, -0.2) is 29.3 Å². The molecule has 0 spiro atoms. The second-order valence-corrected chi connectivity index (χ2v) is 9.39. The van der Waals surface area contributed by atoms with Crippen LogP contribution in [0.2, 0.25) is 4.18 Å². The topological polar surface area (TPSA) is 26.3 Å². The van der Waals surface area contributed by atoms with E-state index in [2.05, 4.69) is 20.4 Å². The molecule has 0 saturated carbocycles. The molecule has 0 N–H and O–H groups in total. The normalized spacial score (nSPS) is 10.4.